The highest BCUT2D eigenvalue weighted by Crippen LogP contribution is 2.63. The van der Waals surface area contributed by atoms with Crippen LogP contribution in [0.15, 0.2) is 267 Å². The highest BCUT2D eigenvalue weighted by Gasteiger charge is 2.51. The van der Waals surface area contributed by atoms with Gasteiger partial charge in [0, 0.05) is 39.2 Å². The van der Waals surface area contributed by atoms with Crippen LogP contribution >= 0.6 is 0 Å². The zero-order valence-electron chi connectivity index (χ0n) is 40.7. The summed E-state index contributed by atoms with van der Waals surface area (Å²) in [6.07, 6.45) is 0. The number of fused-ring (bicyclic) bond motifs is 11. The van der Waals surface area contributed by atoms with Crippen LogP contribution in [0, 0.1) is 0 Å². The van der Waals surface area contributed by atoms with Gasteiger partial charge in [-0.1, -0.05) is 208 Å². The topological polar surface area (TPSA) is 15.7 Å². The van der Waals surface area contributed by atoms with Gasteiger partial charge in [-0.15, -0.1) is 0 Å². The molecule has 2 heterocycles. The quantitative estimate of drug-likeness (QED) is 0.158. The molecule has 0 aromatic heterocycles. The van der Waals surface area contributed by atoms with Crippen LogP contribution in [0.5, 0.6) is 11.5 Å². The minimum Gasteiger partial charge on any atom is -0.457 e. The van der Waals surface area contributed by atoms with E-state index in [1.54, 1.807) is 0 Å². The van der Waals surface area contributed by atoms with Crippen molar-refractivity contribution in [3.05, 3.63) is 300 Å². The molecule has 0 amide bonds. The molecule has 1 spiro atoms. The Balaban J connectivity index is 0.909. The highest BCUT2D eigenvalue weighted by atomic mass is 16.5. The van der Waals surface area contributed by atoms with Gasteiger partial charge in [-0.3, -0.25) is 0 Å². The number of anilines is 6. The number of hydrogen-bond donors (Lipinski definition) is 0. The molecule has 73 heavy (non-hydrogen) atoms. The minimum absolute atomic E-state index is 0.240. The molecule has 11 aromatic carbocycles. The van der Waals surface area contributed by atoms with Gasteiger partial charge in [0.25, 0.3) is 0 Å². The van der Waals surface area contributed by atoms with Crippen molar-refractivity contribution >= 4 is 34.1 Å². The third kappa shape index (κ3) is 6.59. The second-order valence-corrected chi connectivity index (χ2v) is 20.0. The van der Waals surface area contributed by atoms with Gasteiger partial charge >= 0.3 is 0 Å². The monoisotopic (exact) mass is 934 g/mol. The van der Waals surface area contributed by atoms with Crippen molar-refractivity contribution in [3.63, 3.8) is 0 Å². The Labute approximate surface area is 427 Å². The van der Waals surface area contributed by atoms with E-state index in [-0.39, 0.29) is 5.41 Å². The summed E-state index contributed by atoms with van der Waals surface area (Å²) >= 11 is 0. The maximum absolute atomic E-state index is 6.71. The molecular weight excluding hydrogens is 885 g/mol. The van der Waals surface area contributed by atoms with Gasteiger partial charge in [0.1, 0.15) is 11.5 Å². The van der Waals surface area contributed by atoms with E-state index >= 15 is 0 Å². The summed E-state index contributed by atoms with van der Waals surface area (Å²) in [6.45, 7) is 4.73. The highest BCUT2D eigenvalue weighted by molar-refractivity contribution is 5.94. The van der Waals surface area contributed by atoms with Crippen molar-refractivity contribution in [3.8, 4) is 56.0 Å². The van der Waals surface area contributed by atoms with E-state index < -0.39 is 5.41 Å². The SMILES string of the molecule is CC1(C)c2ccccc2N(c2ccc(-c3ccccc3)cc2)c2ccc(-c3ccc(N(c4ccc5c(c4)C4(c6ccccc6Oc6ccccc64)c4ccccc4-5)c4ccccc4-c4ccccc4)cc3)cc21. The third-order valence-electron chi connectivity index (χ3n) is 15.7. The Morgan fingerprint density at radius 1 is 0.329 bits per heavy atom. The lowest BCUT2D eigenvalue weighted by molar-refractivity contribution is 0.436. The summed E-state index contributed by atoms with van der Waals surface area (Å²) in [5.74, 6) is 1.77. The first kappa shape index (κ1) is 42.7. The first-order valence-corrected chi connectivity index (χ1v) is 25.3. The molecule has 0 atom stereocenters. The molecule has 11 aromatic rings. The lowest BCUT2D eigenvalue weighted by Gasteiger charge is -2.42. The van der Waals surface area contributed by atoms with E-state index in [2.05, 4.69) is 291 Å². The van der Waals surface area contributed by atoms with Crippen LogP contribution in [0.2, 0.25) is 0 Å². The Morgan fingerprint density at radius 2 is 0.822 bits per heavy atom. The van der Waals surface area contributed by atoms with Crippen LogP contribution in [-0.2, 0) is 10.8 Å². The number of hydrogen-bond acceptors (Lipinski definition) is 3. The number of rotatable bonds is 7. The van der Waals surface area contributed by atoms with Crippen molar-refractivity contribution in [2.45, 2.75) is 24.7 Å². The molecule has 0 unspecified atom stereocenters. The molecule has 3 nitrogen and oxygen atoms in total. The summed E-state index contributed by atoms with van der Waals surface area (Å²) in [6, 6.07) is 97.6. The number of para-hydroxylation sites is 4. The first-order valence-electron chi connectivity index (χ1n) is 25.3. The summed E-state index contributed by atoms with van der Waals surface area (Å²) < 4.78 is 6.71. The van der Waals surface area contributed by atoms with Crippen molar-refractivity contribution in [1.29, 1.82) is 0 Å². The summed E-state index contributed by atoms with van der Waals surface area (Å²) in [5.41, 5.74) is 23.0. The fourth-order valence-electron chi connectivity index (χ4n) is 12.3. The van der Waals surface area contributed by atoms with E-state index in [0.29, 0.717) is 0 Å². The molecule has 0 saturated heterocycles. The van der Waals surface area contributed by atoms with E-state index in [0.717, 1.165) is 62.1 Å². The molecule has 0 radical (unpaired) electrons. The van der Waals surface area contributed by atoms with Gasteiger partial charge in [-0.2, -0.15) is 0 Å². The fourth-order valence-corrected chi connectivity index (χ4v) is 12.3. The summed E-state index contributed by atoms with van der Waals surface area (Å²) in [4.78, 5) is 4.89. The molecule has 1 aliphatic carbocycles. The predicted octanol–water partition coefficient (Wildman–Crippen LogP) is 18.7. The van der Waals surface area contributed by atoms with Crippen LogP contribution in [0.1, 0.15) is 47.2 Å². The van der Waals surface area contributed by atoms with Crippen LogP contribution < -0.4 is 14.5 Å². The predicted molar refractivity (Wildman–Crippen MR) is 302 cm³/mol. The molecule has 14 rings (SSSR count). The van der Waals surface area contributed by atoms with E-state index in [4.69, 9.17) is 4.74 Å². The van der Waals surface area contributed by atoms with Crippen LogP contribution in [0.25, 0.3) is 44.5 Å². The van der Waals surface area contributed by atoms with Gasteiger partial charge < -0.3 is 14.5 Å². The van der Waals surface area contributed by atoms with Crippen molar-refractivity contribution < 1.29 is 4.74 Å². The first-order chi connectivity index (χ1) is 36.0. The van der Waals surface area contributed by atoms with Gasteiger partial charge in [0.15, 0.2) is 0 Å². The van der Waals surface area contributed by atoms with E-state index in [1.807, 2.05) is 0 Å². The van der Waals surface area contributed by atoms with Crippen molar-refractivity contribution in [2.24, 2.45) is 0 Å². The standard InChI is InChI=1S/C70H50N2O/c1-69(2)59-26-12-16-30-65(59)72(53-40-33-48(34-41-53)47-19-5-3-6-20-47)66-44-37-51(45-63(66)69)49-35-38-52(39-36-49)71(64-29-15-10-23-55(64)50-21-7-4-8-22-50)54-42-43-57-56-24-9-11-25-58(56)70(62(57)46-54)60-27-13-17-31-67(60)73-68-32-18-14-28-61(68)70/h3-46H,1-2H3. The van der Waals surface area contributed by atoms with Crippen molar-refractivity contribution in [2.75, 3.05) is 9.80 Å². The van der Waals surface area contributed by atoms with Gasteiger partial charge in [-0.05, 0) is 134 Å². The molecule has 2 aliphatic heterocycles. The summed E-state index contributed by atoms with van der Waals surface area (Å²) in [7, 11) is 0. The van der Waals surface area contributed by atoms with Crippen LogP contribution in [0.4, 0.5) is 34.1 Å². The minimum atomic E-state index is -0.593. The second-order valence-electron chi connectivity index (χ2n) is 20.0. The maximum Gasteiger partial charge on any atom is 0.132 e. The molecule has 0 fully saturated rings. The molecule has 346 valence electrons. The second kappa shape index (κ2) is 16.7. The van der Waals surface area contributed by atoms with E-state index in [1.165, 1.54) is 61.4 Å². The maximum atomic E-state index is 6.71. The Hall–Kier alpha value is -9.18. The molecular formula is C70H50N2O. The fraction of sp³-hybridized carbons (Fsp3) is 0.0571. The zero-order chi connectivity index (χ0) is 48.7. The lowest BCUT2D eigenvalue weighted by atomic mass is 9.66. The average Bonchev–Trinajstić information content (AvgIpc) is 3.74. The number of nitrogens with zero attached hydrogens (tertiary/aromatic N) is 2. The number of ether oxygens (including phenoxy) is 1. The van der Waals surface area contributed by atoms with Crippen LogP contribution in [0.3, 0.4) is 0 Å². The van der Waals surface area contributed by atoms with Crippen LogP contribution in [-0.4, -0.2) is 0 Å². The Kier molecular flexibility index (Phi) is 9.78. The normalized spacial score (nSPS) is 13.9. The molecule has 3 aliphatic rings. The van der Waals surface area contributed by atoms with Gasteiger partial charge in [0.2, 0.25) is 0 Å². The Bertz CT molecular complexity index is 3870. The zero-order valence-corrected chi connectivity index (χ0v) is 40.7. The Morgan fingerprint density at radius 3 is 1.53 bits per heavy atom. The van der Waals surface area contributed by atoms with Gasteiger partial charge in [0.05, 0.1) is 22.5 Å². The molecule has 0 N–H and O–H groups in total. The largest absolute Gasteiger partial charge is 0.457 e. The summed E-state index contributed by atoms with van der Waals surface area (Å²) in [5, 5.41) is 0. The van der Waals surface area contributed by atoms with E-state index in [9.17, 15) is 0 Å². The molecule has 3 heteroatoms. The van der Waals surface area contributed by atoms with Crippen molar-refractivity contribution in [1.82, 2.24) is 0 Å². The molecule has 0 saturated carbocycles. The van der Waals surface area contributed by atoms with Gasteiger partial charge in [-0.25, -0.2) is 0 Å². The smallest absolute Gasteiger partial charge is 0.132 e. The third-order valence-corrected chi connectivity index (χ3v) is 15.7. The number of benzene rings is 11. The lowest BCUT2D eigenvalue weighted by Crippen LogP contribution is -2.32. The average molecular weight is 935 g/mol. The molecule has 0 bridgehead atoms.